The molecule has 4 unspecified atom stereocenters. The second kappa shape index (κ2) is 6.24. The zero-order valence-corrected chi connectivity index (χ0v) is 14.7. The molecule has 8 atom stereocenters. The zero-order chi connectivity index (χ0) is 16.9. The van der Waals surface area contributed by atoms with E-state index in [2.05, 4.69) is 13.8 Å². The Hall–Kier alpha value is -0.690. The number of rotatable bonds is 3. The summed E-state index contributed by atoms with van der Waals surface area (Å²) in [5.74, 6) is 0.947. The highest BCUT2D eigenvalue weighted by Crippen LogP contribution is 2.58. The second-order valence-electron chi connectivity index (χ2n) is 7.88. The maximum absolute atomic E-state index is 12.0. The molecule has 0 amide bonds. The third kappa shape index (κ3) is 2.42. The van der Waals surface area contributed by atoms with E-state index in [9.17, 15) is 4.79 Å². The van der Waals surface area contributed by atoms with E-state index in [1.165, 1.54) is 0 Å². The molecule has 0 aromatic rings. The Labute approximate surface area is 143 Å². The maximum atomic E-state index is 12.0. The Kier molecular flexibility index (Phi) is 4.35. The molecule has 5 fully saturated rings. The molecule has 6 heteroatoms. The first-order valence-electron chi connectivity index (χ1n) is 9.41. The minimum absolute atomic E-state index is 0.0545. The maximum Gasteiger partial charge on any atom is 0.308 e. The van der Waals surface area contributed by atoms with E-state index in [-0.39, 0.29) is 24.1 Å². The number of fused-ring (bicyclic) bond motifs is 2. The summed E-state index contributed by atoms with van der Waals surface area (Å²) < 4.78 is 17.8. The molecule has 4 heterocycles. The molecule has 6 nitrogen and oxygen atoms in total. The van der Waals surface area contributed by atoms with Crippen molar-refractivity contribution in [2.24, 2.45) is 23.7 Å². The van der Waals surface area contributed by atoms with Gasteiger partial charge in [-0.05, 0) is 37.5 Å². The number of ether oxygens (including phenoxy) is 3. The molecule has 1 saturated carbocycles. The highest BCUT2D eigenvalue weighted by atomic mass is 17.2. The lowest BCUT2D eigenvalue weighted by Gasteiger charge is -2.59. The van der Waals surface area contributed by atoms with Crippen molar-refractivity contribution in [2.45, 2.75) is 83.8 Å². The second-order valence-corrected chi connectivity index (χ2v) is 7.88. The lowest BCUT2D eigenvalue weighted by molar-refractivity contribution is -0.550. The van der Waals surface area contributed by atoms with Crippen LogP contribution in [0.1, 0.15) is 59.3 Å². The number of carbonyl (C=O) groups is 1. The van der Waals surface area contributed by atoms with Gasteiger partial charge in [-0.3, -0.25) is 4.79 Å². The molecular formula is C18H28O6. The Bertz CT molecular complexity index is 496. The molecule has 0 radical (unpaired) electrons. The number of esters is 1. The monoisotopic (exact) mass is 340 g/mol. The normalized spacial score (nSPS) is 50.0. The van der Waals surface area contributed by atoms with Crippen molar-refractivity contribution in [1.29, 1.82) is 0 Å². The van der Waals surface area contributed by atoms with E-state index in [0.29, 0.717) is 18.3 Å². The van der Waals surface area contributed by atoms with Crippen molar-refractivity contribution >= 4 is 5.97 Å². The van der Waals surface area contributed by atoms with E-state index in [1.807, 2.05) is 6.92 Å². The molecule has 24 heavy (non-hydrogen) atoms. The van der Waals surface area contributed by atoms with Gasteiger partial charge in [0.2, 0.25) is 6.29 Å². The van der Waals surface area contributed by atoms with Gasteiger partial charge < -0.3 is 14.2 Å². The van der Waals surface area contributed by atoms with Crippen LogP contribution in [0.5, 0.6) is 0 Å². The fraction of sp³-hybridized carbons (Fsp3) is 0.944. The predicted octanol–water partition coefficient (Wildman–Crippen LogP) is 3.15. The molecule has 1 spiro atoms. The third-order valence-electron chi connectivity index (χ3n) is 6.46. The smallest absolute Gasteiger partial charge is 0.308 e. The molecule has 0 N–H and O–H groups in total. The highest BCUT2D eigenvalue weighted by Gasteiger charge is 2.68. The van der Waals surface area contributed by atoms with E-state index < -0.39 is 18.2 Å². The van der Waals surface area contributed by atoms with Gasteiger partial charge in [0.15, 0.2) is 18.2 Å². The zero-order valence-electron chi connectivity index (χ0n) is 14.7. The molecule has 5 rings (SSSR count). The number of carbonyl (C=O) groups excluding carboxylic acids is 1. The van der Waals surface area contributed by atoms with Gasteiger partial charge >= 0.3 is 5.97 Å². The Morgan fingerprint density at radius 3 is 2.71 bits per heavy atom. The van der Waals surface area contributed by atoms with Crippen LogP contribution in [-0.2, 0) is 28.8 Å². The van der Waals surface area contributed by atoms with Gasteiger partial charge in [0.25, 0.3) is 0 Å². The fourth-order valence-corrected chi connectivity index (χ4v) is 5.22. The average molecular weight is 340 g/mol. The van der Waals surface area contributed by atoms with Crippen molar-refractivity contribution in [2.75, 3.05) is 0 Å². The quantitative estimate of drug-likeness (QED) is 0.581. The standard InChI is InChI=1S/C18H28O6/c1-4-5-14(19)20-16-11(3)13-7-6-10(2)12-8-9-15-21-17(22-16)18(12,13)24-23-15/h10-13,15-17H,4-9H2,1-3H3/t10-,11-,12+,13?,15?,16?,17+,18?/m1/s1. The summed E-state index contributed by atoms with van der Waals surface area (Å²) in [4.78, 5) is 23.5. The van der Waals surface area contributed by atoms with Gasteiger partial charge in [0.05, 0.1) is 0 Å². The van der Waals surface area contributed by atoms with Gasteiger partial charge in [-0.1, -0.05) is 20.8 Å². The summed E-state index contributed by atoms with van der Waals surface area (Å²) in [5, 5.41) is 0. The van der Waals surface area contributed by atoms with Gasteiger partial charge in [-0.2, -0.15) is 0 Å². The topological polar surface area (TPSA) is 63.2 Å². The molecule has 0 aromatic carbocycles. The van der Waals surface area contributed by atoms with Gasteiger partial charge in [0, 0.05) is 24.7 Å². The summed E-state index contributed by atoms with van der Waals surface area (Å²) in [6.45, 7) is 6.34. The van der Waals surface area contributed by atoms with Gasteiger partial charge in [-0.25, -0.2) is 9.78 Å². The van der Waals surface area contributed by atoms with Crippen LogP contribution in [0.2, 0.25) is 0 Å². The summed E-state index contributed by atoms with van der Waals surface area (Å²) in [6.07, 6.45) is 3.71. The lowest BCUT2D eigenvalue weighted by atomic mass is 9.58. The van der Waals surface area contributed by atoms with Crippen LogP contribution in [0.4, 0.5) is 0 Å². The summed E-state index contributed by atoms with van der Waals surface area (Å²) in [6, 6.07) is 0. The van der Waals surface area contributed by atoms with Crippen molar-refractivity contribution in [3.05, 3.63) is 0 Å². The van der Waals surface area contributed by atoms with Crippen molar-refractivity contribution < 1.29 is 28.8 Å². The third-order valence-corrected chi connectivity index (χ3v) is 6.46. The SMILES string of the molecule is CCCC(=O)OC1O[C@@H]2OC3CC[C@H]4[C@H](C)CCC([C@H]1C)C24OO3. The number of hydrogen-bond donors (Lipinski definition) is 0. The van der Waals surface area contributed by atoms with Crippen LogP contribution in [-0.4, -0.2) is 30.4 Å². The molecule has 136 valence electrons. The average Bonchev–Trinajstić information content (AvgIpc) is 2.83. The van der Waals surface area contributed by atoms with E-state index in [4.69, 9.17) is 24.0 Å². The van der Waals surface area contributed by atoms with Crippen molar-refractivity contribution in [3.8, 4) is 0 Å². The van der Waals surface area contributed by atoms with Crippen LogP contribution in [0, 0.1) is 23.7 Å². The number of hydrogen-bond acceptors (Lipinski definition) is 6. The van der Waals surface area contributed by atoms with Gasteiger partial charge in [0.1, 0.15) is 0 Å². The van der Waals surface area contributed by atoms with Crippen LogP contribution >= 0.6 is 0 Å². The molecule has 2 bridgehead atoms. The first-order valence-corrected chi connectivity index (χ1v) is 9.41. The van der Waals surface area contributed by atoms with E-state index in [0.717, 1.165) is 32.1 Å². The predicted molar refractivity (Wildman–Crippen MR) is 83.2 cm³/mol. The molecule has 0 aromatic heterocycles. The lowest BCUT2D eigenvalue weighted by Crippen LogP contribution is -2.69. The Morgan fingerprint density at radius 2 is 1.92 bits per heavy atom. The fourth-order valence-electron chi connectivity index (χ4n) is 5.22. The minimum Gasteiger partial charge on any atom is -0.435 e. The molecule has 4 aliphatic heterocycles. The van der Waals surface area contributed by atoms with Crippen LogP contribution in [0.3, 0.4) is 0 Å². The highest BCUT2D eigenvalue weighted by molar-refractivity contribution is 5.69. The molecular weight excluding hydrogens is 312 g/mol. The minimum atomic E-state index is -0.572. The van der Waals surface area contributed by atoms with Crippen LogP contribution < -0.4 is 0 Å². The molecule has 5 aliphatic rings. The van der Waals surface area contributed by atoms with Crippen molar-refractivity contribution in [3.63, 3.8) is 0 Å². The summed E-state index contributed by atoms with van der Waals surface area (Å²) in [7, 11) is 0. The van der Waals surface area contributed by atoms with E-state index in [1.54, 1.807) is 0 Å². The van der Waals surface area contributed by atoms with Crippen LogP contribution in [0.15, 0.2) is 0 Å². The summed E-state index contributed by atoms with van der Waals surface area (Å²) >= 11 is 0. The van der Waals surface area contributed by atoms with E-state index >= 15 is 0 Å². The largest absolute Gasteiger partial charge is 0.435 e. The molecule has 1 aliphatic carbocycles. The van der Waals surface area contributed by atoms with Crippen molar-refractivity contribution in [1.82, 2.24) is 0 Å². The Morgan fingerprint density at radius 1 is 1.12 bits per heavy atom. The molecule has 4 saturated heterocycles. The first-order chi connectivity index (χ1) is 11.6. The summed E-state index contributed by atoms with van der Waals surface area (Å²) in [5.41, 5.74) is -0.572. The Balaban J connectivity index is 1.63. The van der Waals surface area contributed by atoms with Gasteiger partial charge in [-0.15, -0.1) is 0 Å². The van der Waals surface area contributed by atoms with Crippen LogP contribution in [0.25, 0.3) is 0 Å². The first kappa shape index (κ1) is 16.8.